The average Bonchev–Trinajstić information content (AvgIpc) is 2.69. The molecule has 1 amide bonds. The van der Waals surface area contributed by atoms with Gasteiger partial charge in [0.1, 0.15) is 5.82 Å². The van der Waals surface area contributed by atoms with E-state index in [2.05, 4.69) is 10.0 Å². The number of sulfonamides is 1. The van der Waals surface area contributed by atoms with Gasteiger partial charge in [0.05, 0.1) is 10.5 Å². The minimum Gasteiger partial charge on any atom is -0.322 e. The van der Waals surface area contributed by atoms with Crippen LogP contribution < -0.4 is 10.0 Å². The molecule has 150 valence electrons. The molecule has 3 rings (SSSR count). The third kappa shape index (κ3) is 5.49. The van der Waals surface area contributed by atoms with E-state index in [4.69, 9.17) is 0 Å². The lowest BCUT2D eigenvalue weighted by molar-refractivity contribution is 0.102. The molecule has 0 atom stereocenters. The van der Waals surface area contributed by atoms with Crippen LogP contribution in [0.2, 0.25) is 0 Å². The van der Waals surface area contributed by atoms with Gasteiger partial charge < -0.3 is 5.32 Å². The summed E-state index contributed by atoms with van der Waals surface area (Å²) in [6.07, 6.45) is 0.516. The van der Waals surface area contributed by atoms with Gasteiger partial charge in [0.15, 0.2) is 0 Å². The summed E-state index contributed by atoms with van der Waals surface area (Å²) in [6, 6.07) is 19.7. The maximum atomic E-state index is 14.2. The lowest BCUT2D eigenvalue weighted by Crippen LogP contribution is -2.26. The van der Waals surface area contributed by atoms with Gasteiger partial charge in [0, 0.05) is 12.2 Å². The molecular weight excluding hydrogens is 391 g/mol. The van der Waals surface area contributed by atoms with Crippen LogP contribution in [-0.4, -0.2) is 20.9 Å². The van der Waals surface area contributed by atoms with Crippen LogP contribution in [0.15, 0.2) is 77.7 Å². The lowest BCUT2D eigenvalue weighted by Gasteiger charge is -2.10. The molecule has 0 saturated carbocycles. The van der Waals surface area contributed by atoms with Crippen molar-refractivity contribution in [3.63, 3.8) is 0 Å². The molecule has 0 heterocycles. The van der Waals surface area contributed by atoms with Crippen LogP contribution in [0.25, 0.3) is 0 Å². The molecule has 0 aliphatic carbocycles. The van der Waals surface area contributed by atoms with Crippen LogP contribution in [0.3, 0.4) is 0 Å². The average molecular weight is 412 g/mol. The SMILES string of the molecule is Cc1cccc(NC(=O)c2cc(S(=O)(=O)NCCc3ccccc3)ccc2F)c1. The number of aryl methyl sites for hydroxylation is 1. The van der Waals surface area contributed by atoms with Gasteiger partial charge in [-0.3, -0.25) is 4.79 Å². The first-order valence-electron chi connectivity index (χ1n) is 9.06. The number of hydrogen-bond acceptors (Lipinski definition) is 3. The highest BCUT2D eigenvalue weighted by atomic mass is 32.2. The van der Waals surface area contributed by atoms with Crippen LogP contribution in [0, 0.1) is 12.7 Å². The van der Waals surface area contributed by atoms with Crippen molar-refractivity contribution >= 4 is 21.6 Å². The Morgan fingerprint density at radius 1 is 0.966 bits per heavy atom. The fourth-order valence-electron chi connectivity index (χ4n) is 2.82. The summed E-state index contributed by atoms with van der Waals surface area (Å²) < 4.78 is 41.8. The summed E-state index contributed by atoms with van der Waals surface area (Å²) >= 11 is 0. The zero-order valence-corrected chi connectivity index (χ0v) is 16.7. The molecule has 3 aromatic rings. The van der Waals surface area contributed by atoms with Crippen molar-refractivity contribution in [2.24, 2.45) is 0 Å². The van der Waals surface area contributed by atoms with Crippen molar-refractivity contribution in [1.82, 2.24) is 4.72 Å². The van der Waals surface area contributed by atoms with E-state index in [9.17, 15) is 17.6 Å². The van der Waals surface area contributed by atoms with Gasteiger partial charge in [-0.2, -0.15) is 0 Å². The number of anilines is 1. The maximum absolute atomic E-state index is 14.2. The van der Waals surface area contributed by atoms with Crippen LogP contribution in [0.5, 0.6) is 0 Å². The molecule has 0 bridgehead atoms. The number of halogens is 1. The summed E-state index contributed by atoms with van der Waals surface area (Å²) in [4.78, 5) is 12.3. The Morgan fingerprint density at radius 2 is 1.72 bits per heavy atom. The Morgan fingerprint density at radius 3 is 2.45 bits per heavy atom. The predicted octanol–water partition coefficient (Wildman–Crippen LogP) is 3.91. The molecule has 7 heteroatoms. The second kappa shape index (κ2) is 8.98. The monoisotopic (exact) mass is 412 g/mol. The van der Waals surface area contributed by atoms with Crippen molar-refractivity contribution in [3.8, 4) is 0 Å². The van der Waals surface area contributed by atoms with Crippen molar-refractivity contribution in [2.75, 3.05) is 11.9 Å². The highest BCUT2D eigenvalue weighted by molar-refractivity contribution is 7.89. The molecule has 0 aliphatic heterocycles. The van der Waals surface area contributed by atoms with E-state index in [-0.39, 0.29) is 17.0 Å². The molecule has 2 N–H and O–H groups in total. The van der Waals surface area contributed by atoms with Gasteiger partial charge in [-0.15, -0.1) is 0 Å². The summed E-state index contributed by atoms with van der Waals surface area (Å²) in [6.45, 7) is 2.05. The van der Waals surface area contributed by atoms with Gasteiger partial charge in [-0.05, 0) is 54.8 Å². The first-order valence-corrected chi connectivity index (χ1v) is 10.5. The van der Waals surface area contributed by atoms with Crippen LogP contribution in [0.4, 0.5) is 10.1 Å². The van der Waals surface area contributed by atoms with E-state index in [1.807, 2.05) is 43.3 Å². The zero-order valence-electron chi connectivity index (χ0n) is 15.9. The number of carbonyl (C=O) groups excluding carboxylic acids is 1. The topological polar surface area (TPSA) is 75.3 Å². The predicted molar refractivity (Wildman–Crippen MR) is 111 cm³/mol. The number of carbonyl (C=O) groups is 1. The minimum atomic E-state index is -3.88. The van der Waals surface area contributed by atoms with E-state index in [1.54, 1.807) is 18.2 Å². The Labute approximate surface area is 169 Å². The van der Waals surface area contributed by atoms with E-state index >= 15 is 0 Å². The fraction of sp³-hybridized carbons (Fsp3) is 0.136. The zero-order chi connectivity index (χ0) is 20.9. The third-order valence-corrected chi connectivity index (χ3v) is 5.78. The molecule has 29 heavy (non-hydrogen) atoms. The van der Waals surface area contributed by atoms with Crippen molar-refractivity contribution in [1.29, 1.82) is 0 Å². The molecule has 0 fully saturated rings. The van der Waals surface area contributed by atoms with E-state index in [0.29, 0.717) is 12.1 Å². The van der Waals surface area contributed by atoms with Crippen molar-refractivity contribution < 1.29 is 17.6 Å². The highest BCUT2D eigenvalue weighted by Gasteiger charge is 2.19. The molecule has 0 aromatic heterocycles. The Bertz CT molecular complexity index is 1120. The van der Waals surface area contributed by atoms with Crippen molar-refractivity contribution in [2.45, 2.75) is 18.2 Å². The van der Waals surface area contributed by atoms with Gasteiger partial charge in [-0.1, -0.05) is 42.5 Å². The lowest BCUT2D eigenvalue weighted by atomic mass is 10.1. The summed E-state index contributed by atoms with van der Waals surface area (Å²) in [5.74, 6) is -1.51. The van der Waals surface area contributed by atoms with E-state index in [0.717, 1.165) is 29.3 Å². The van der Waals surface area contributed by atoms with Gasteiger partial charge in [0.2, 0.25) is 10.0 Å². The molecule has 0 aliphatic rings. The van der Waals surface area contributed by atoms with Crippen LogP contribution >= 0.6 is 0 Å². The Hall–Kier alpha value is -3.03. The third-order valence-electron chi connectivity index (χ3n) is 4.32. The number of rotatable bonds is 7. The van der Waals surface area contributed by atoms with Crippen LogP contribution in [0.1, 0.15) is 21.5 Å². The Balaban J connectivity index is 1.73. The molecule has 0 saturated heterocycles. The first-order chi connectivity index (χ1) is 13.8. The minimum absolute atomic E-state index is 0.165. The standard InChI is InChI=1S/C22H21FN2O3S/c1-16-6-5-9-18(14-16)25-22(26)20-15-19(10-11-21(20)23)29(27,28)24-13-12-17-7-3-2-4-8-17/h2-11,14-15,24H,12-13H2,1H3,(H,25,26). The van der Waals surface area contributed by atoms with E-state index in [1.165, 1.54) is 0 Å². The highest BCUT2D eigenvalue weighted by Crippen LogP contribution is 2.18. The van der Waals surface area contributed by atoms with E-state index < -0.39 is 21.7 Å². The molecular formula is C22H21FN2O3S. The number of nitrogens with one attached hydrogen (secondary N) is 2. The molecule has 0 radical (unpaired) electrons. The van der Waals surface area contributed by atoms with Crippen molar-refractivity contribution in [3.05, 3.63) is 95.3 Å². The first kappa shape index (κ1) is 20.7. The number of hydrogen-bond donors (Lipinski definition) is 2. The number of benzene rings is 3. The van der Waals surface area contributed by atoms with Gasteiger partial charge in [0.25, 0.3) is 5.91 Å². The van der Waals surface area contributed by atoms with Crippen LogP contribution in [-0.2, 0) is 16.4 Å². The molecule has 3 aromatic carbocycles. The largest absolute Gasteiger partial charge is 0.322 e. The summed E-state index contributed by atoms with van der Waals surface area (Å²) in [5, 5.41) is 2.59. The number of amides is 1. The van der Waals surface area contributed by atoms with Gasteiger partial charge >= 0.3 is 0 Å². The van der Waals surface area contributed by atoms with Gasteiger partial charge in [-0.25, -0.2) is 17.5 Å². The molecule has 5 nitrogen and oxygen atoms in total. The molecule has 0 unspecified atom stereocenters. The fourth-order valence-corrected chi connectivity index (χ4v) is 3.88. The second-order valence-corrected chi connectivity index (χ2v) is 8.37. The smallest absolute Gasteiger partial charge is 0.258 e. The quantitative estimate of drug-likeness (QED) is 0.618. The summed E-state index contributed by atoms with van der Waals surface area (Å²) in [7, 11) is -3.88. The normalized spacial score (nSPS) is 11.2. The Kier molecular flexibility index (Phi) is 6.41. The molecule has 0 spiro atoms. The maximum Gasteiger partial charge on any atom is 0.258 e. The summed E-state index contributed by atoms with van der Waals surface area (Å²) in [5.41, 5.74) is 2.09. The second-order valence-electron chi connectivity index (χ2n) is 6.60.